The van der Waals surface area contributed by atoms with Crippen LogP contribution in [0.5, 0.6) is 0 Å². The molecule has 8 nitrogen and oxygen atoms in total. The quantitative estimate of drug-likeness (QED) is 0.235. The summed E-state index contributed by atoms with van der Waals surface area (Å²) in [6.45, 7) is 0.213. The molecule has 0 unspecified atom stereocenters. The second-order valence-corrected chi connectivity index (χ2v) is 5.42. The molecule has 0 bridgehead atoms. The highest BCUT2D eigenvalue weighted by Gasteiger charge is 2.25. The average Bonchev–Trinajstić information content (AvgIpc) is 2.12. The second kappa shape index (κ2) is 6.93. The minimum absolute atomic E-state index is 0.178. The monoisotopic (exact) mass is 275 g/mol. The van der Waals surface area contributed by atoms with Crippen LogP contribution in [0.1, 0.15) is 6.42 Å². The van der Waals surface area contributed by atoms with Gasteiger partial charge >= 0.3 is 11.9 Å². The zero-order valence-corrected chi connectivity index (χ0v) is 11.8. The van der Waals surface area contributed by atoms with Gasteiger partial charge in [-0.3, -0.25) is 15.0 Å². The lowest BCUT2D eigenvalue weighted by molar-refractivity contribution is -0.873. The minimum Gasteiger partial charge on any atom is -0.481 e. The third-order valence-corrected chi connectivity index (χ3v) is 2.23. The number of esters is 1. The molecule has 0 aromatic rings. The van der Waals surface area contributed by atoms with Crippen molar-refractivity contribution in [1.29, 1.82) is 5.41 Å². The first-order chi connectivity index (χ1) is 8.51. The van der Waals surface area contributed by atoms with Gasteiger partial charge in [-0.1, -0.05) is 0 Å². The summed E-state index contributed by atoms with van der Waals surface area (Å²) in [5, 5.41) is 15.9. The molecule has 19 heavy (non-hydrogen) atoms. The number of carbonyl (C=O) groups is 2. The van der Waals surface area contributed by atoms with Gasteiger partial charge in [0.15, 0.2) is 12.1 Å². The lowest BCUT2D eigenvalue weighted by Gasteiger charge is -2.28. The summed E-state index contributed by atoms with van der Waals surface area (Å²) in [6, 6.07) is 0. The van der Waals surface area contributed by atoms with Gasteiger partial charge in [-0.2, -0.15) is 0 Å². The Balaban J connectivity index is 4.50. The molecular formula is C11H23N4O4+. The molecule has 1 atom stereocenters. The molecule has 0 heterocycles. The fourth-order valence-corrected chi connectivity index (χ4v) is 1.45. The minimum atomic E-state index is -1.02. The number of nitrogens with two attached hydrogens (primary N) is 1. The molecule has 0 spiro atoms. The van der Waals surface area contributed by atoms with Crippen molar-refractivity contribution in [2.45, 2.75) is 12.5 Å². The molecule has 0 aromatic heterocycles. The van der Waals surface area contributed by atoms with Crippen LogP contribution in [0, 0.1) is 5.41 Å². The topological polar surface area (TPSA) is 117 Å². The number of hydrogen-bond acceptors (Lipinski definition) is 4. The number of nitrogens with zero attached hydrogens (tertiary/aromatic N) is 2. The average molecular weight is 275 g/mol. The molecular weight excluding hydrogens is 252 g/mol. The maximum Gasteiger partial charge on any atom is 0.326 e. The zero-order valence-electron chi connectivity index (χ0n) is 11.8. The Kier molecular flexibility index (Phi) is 6.26. The Morgan fingerprint density at radius 3 is 2.32 bits per heavy atom. The largest absolute Gasteiger partial charge is 0.481 e. The molecule has 110 valence electrons. The molecule has 0 fully saturated rings. The first-order valence-electron chi connectivity index (χ1n) is 5.78. The molecule has 4 N–H and O–H groups in total. The van der Waals surface area contributed by atoms with Crippen molar-refractivity contribution in [1.82, 2.24) is 4.90 Å². The van der Waals surface area contributed by atoms with E-state index in [0.29, 0.717) is 11.0 Å². The van der Waals surface area contributed by atoms with E-state index in [1.54, 1.807) is 0 Å². The molecule has 0 rings (SSSR count). The van der Waals surface area contributed by atoms with Gasteiger partial charge in [0.05, 0.1) is 27.6 Å². The van der Waals surface area contributed by atoms with Gasteiger partial charge in [0, 0.05) is 7.05 Å². The second-order valence-electron chi connectivity index (χ2n) is 5.42. The molecule has 8 heteroatoms. The van der Waals surface area contributed by atoms with E-state index in [-0.39, 0.29) is 18.9 Å². The molecule has 0 amide bonds. The van der Waals surface area contributed by atoms with Crippen molar-refractivity contribution in [3.05, 3.63) is 0 Å². The van der Waals surface area contributed by atoms with Crippen LogP contribution < -0.4 is 5.73 Å². The SMILES string of the molecule is CN(CC(=O)O[C@H](CC(=O)O)C[N+](C)(C)C)C(=N)N. The van der Waals surface area contributed by atoms with Gasteiger partial charge in [0.25, 0.3) is 0 Å². The zero-order chi connectivity index (χ0) is 15.2. The maximum absolute atomic E-state index is 11.6. The summed E-state index contributed by atoms with van der Waals surface area (Å²) < 4.78 is 5.61. The molecule has 0 saturated heterocycles. The van der Waals surface area contributed by atoms with Crippen LogP contribution in [0.25, 0.3) is 0 Å². The summed E-state index contributed by atoms with van der Waals surface area (Å²) in [4.78, 5) is 23.6. The molecule has 0 radical (unpaired) electrons. The Bertz CT molecular complexity index is 351. The van der Waals surface area contributed by atoms with Crippen LogP contribution in [0.4, 0.5) is 0 Å². The van der Waals surface area contributed by atoms with Crippen LogP contribution in [-0.4, -0.2) is 79.8 Å². The van der Waals surface area contributed by atoms with Crippen molar-refractivity contribution in [3.63, 3.8) is 0 Å². The Morgan fingerprint density at radius 1 is 1.42 bits per heavy atom. The van der Waals surface area contributed by atoms with Crippen LogP contribution in [-0.2, 0) is 14.3 Å². The predicted molar refractivity (Wildman–Crippen MR) is 69.6 cm³/mol. The van der Waals surface area contributed by atoms with E-state index in [9.17, 15) is 9.59 Å². The third-order valence-electron chi connectivity index (χ3n) is 2.23. The van der Waals surface area contributed by atoms with E-state index in [4.69, 9.17) is 21.0 Å². The maximum atomic E-state index is 11.6. The van der Waals surface area contributed by atoms with Crippen LogP contribution >= 0.6 is 0 Å². The fraction of sp³-hybridized carbons (Fsp3) is 0.727. The number of likely N-dealkylation sites (N-methyl/N-ethyl adjacent to an activating group) is 2. The van der Waals surface area contributed by atoms with Crippen molar-refractivity contribution < 1.29 is 23.9 Å². The molecule has 0 aliphatic rings. The van der Waals surface area contributed by atoms with Gasteiger partial charge in [0.2, 0.25) is 0 Å². The van der Waals surface area contributed by atoms with E-state index in [1.165, 1.54) is 11.9 Å². The number of carboxylic acids is 1. The number of hydrogen-bond donors (Lipinski definition) is 3. The number of nitrogens with one attached hydrogen (secondary N) is 1. The molecule has 0 saturated carbocycles. The third kappa shape index (κ3) is 8.83. The Hall–Kier alpha value is -1.83. The van der Waals surface area contributed by atoms with Gasteiger partial charge in [-0.25, -0.2) is 0 Å². The fourth-order valence-electron chi connectivity index (χ4n) is 1.45. The first kappa shape index (κ1) is 17.2. The first-order valence-corrected chi connectivity index (χ1v) is 5.78. The Labute approximate surface area is 112 Å². The predicted octanol–water partition coefficient (Wildman–Crippen LogP) is -1.10. The van der Waals surface area contributed by atoms with Crippen molar-refractivity contribution in [2.75, 3.05) is 41.3 Å². The van der Waals surface area contributed by atoms with Crippen molar-refractivity contribution >= 4 is 17.9 Å². The summed E-state index contributed by atoms with van der Waals surface area (Å²) in [5.74, 6) is -1.87. The smallest absolute Gasteiger partial charge is 0.326 e. The number of carboxylic acid groups (broad SMARTS) is 1. The highest BCUT2D eigenvalue weighted by atomic mass is 16.5. The number of aliphatic carboxylic acids is 1. The van der Waals surface area contributed by atoms with E-state index in [2.05, 4.69) is 0 Å². The van der Waals surface area contributed by atoms with E-state index >= 15 is 0 Å². The highest BCUT2D eigenvalue weighted by Crippen LogP contribution is 2.05. The van der Waals surface area contributed by atoms with Crippen LogP contribution in [0.3, 0.4) is 0 Å². The number of guanidine groups is 1. The van der Waals surface area contributed by atoms with E-state index in [1.807, 2.05) is 21.1 Å². The normalized spacial score (nSPS) is 12.6. The summed E-state index contributed by atoms with van der Waals surface area (Å²) in [7, 11) is 7.12. The van der Waals surface area contributed by atoms with Crippen molar-refractivity contribution in [2.24, 2.45) is 5.73 Å². The van der Waals surface area contributed by atoms with E-state index in [0.717, 1.165) is 0 Å². The van der Waals surface area contributed by atoms with Crippen LogP contribution in [0.2, 0.25) is 0 Å². The van der Waals surface area contributed by atoms with Gasteiger partial charge in [-0.15, -0.1) is 0 Å². The van der Waals surface area contributed by atoms with Gasteiger partial charge in [-0.05, 0) is 0 Å². The van der Waals surface area contributed by atoms with E-state index < -0.39 is 18.0 Å². The van der Waals surface area contributed by atoms with Gasteiger partial charge < -0.3 is 25.0 Å². The Morgan fingerprint density at radius 2 is 1.95 bits per heavy atom. The van der Waals surface area contributed by atoms with Crippen molar-refractivity contribution in [3.8, 4) is 0 Å². The lowest BCUT2D eigenvalue weighted by atomic mass is 10.2. The number of rotatable bonds is 7. The summed E-state index contributed by atoms with van der Waals surface area (Å²) >= 11 is 0. The number of carbonyl (C=O) groups excluding carboxylic acids is 1. The number of ether oxygens (including phenoxy) is 1. The molecule has 0 aromatic carbocycles. The summed E-state index contributed by atoms with van der Waals surface area (Å²) in [6.07, 6.45) is -0.948. The molecule has 0 aliphatic carbocycles. The summed E-state index contributed by atoms with van der Waals surface area (Å²) in [5.41, 5.74) is 5.20. The highest BCUT2D eigenvalue weighted by molar-refractivity contribution is 5.81. The van der Waals surface area contributed by atoms with Crippen LogP contribution in [0.15, 0.2) is 0 Å². The van der Waals surface area contributed by atoms with Gasteiger partial charge in [0.1, 0.15) is 13.1 Å². The lowest BCUT2D eigenvalue weighted by Crippen LogP contribution is -2.45. The molecule has 0 aliphatic heterocycles. The number of quaternary nitrogens is 1. The standard InChI is InChI=1S/C11H22N4O4/c1-14(11(12)13)6-10(18)19-8(5-9(16)17)7-15(2,3)4/h8H,5-7H2,1-4H3,(H3-,12,13,16,17)/p+1/t8-/m1/s1.